The van der Waals surface area contributed by atoms with E-state index in [4.69, 9.17) is 71.1 Å². The van der Waals surface area contributed by atoms with Gasteiger partial charge in [0.1, 0.15) is 36.6 Å². The fourth-order valence-electron chi connectivity index (χ4n) is 18.2. The number of fused-ring (bicyclic) bond motifs is 10. The summed E-state index contributed by atoms with van der Waals surface area (Å²) in [5.41, 5.74) is 2.15. The van der Waals surface area contributed by atoms with Gasteiger partial charge in [0.15, 0.2) is 17.4 Å². The summed E-state index contributed by atoms with van der Waals surface area (Å²) in [6.07, 6.45) is 2.17. The van der Waals surface area contributed by atoms with E-state index in [-0.39, 0.29) is 146 Å². The Kier molecular flexibility index (Phi) is 13.8. The molecule has 16 rings (SSSR count). The van der Waals surface area contributed by atoms with Crippen molar-refractivity contribution in [2.75, 3.05) is 6.61 Å². The Morgan fingerprint density at radius 1 is 0.506 bits per heavy atom. The second kappa shape index (κ2) is 20.2. The molecule has 16 aliphatic heterocycles. The van der Waals surface area contributed by atoms with Crippen molar-refractivity contribution < 1.29 is 91.2 Å². The summed E-state index contributed by atoms with van der Waals surface area (Å²) in [6.45, 7) is 17.4. The van der Waals surface area contributed by atoms with E-state index in [1.54, 1.807) is 0 Å². The number of carbonyl (C=O) groups excluding carboxylic acids is 1. The molecule has 16 fully saturated rings. The highest BCUT2D eigenvalue weighted by atomic mass is 16.8. The van der Waals surface area contributed by atoms with Gasteiger partial charge in [0.2, 0.25) is 0 Å². The molecule has 16 heterocycles. The number of ether oxygens (including phenoxy) is 15. The molecule has 16 aliphatic rings. The molecule has 19 nitrogen and oxygen atoms in total. The standard InChI is InChI=1S/C60H86O19/c1-26-13-33-7-9-37-27(2)14-35(65-37)11-12-58-23-46-54(78-58)55-56(72-46)57(79-58)53-38(69-55)10-8-34(67-53)16-48(64)73-52-31(6)51-43(68-42(52)17-39(66-33)30(26)5)19-41-45(71-51)22-60(74-41)24-47-50(77-60)29(4)21-59(76-47)20-28(3)49-44(75-59)18-40(70-49)36(63)15-32(62)25-61/h26,28-29,31-47,49-57,61-63H,2,5,7-25H2,1,3-4,6H3/t26-,28+,29+,31+,32-,33+,34-,35+,36+,37+,38+,39-,40+,41-,42+,43+,44+,45-,46+,47+,49+,50+,51+,52-,53+,54-,55+,56-,57+,58-,59-,60+/m1/s1. The minimum Gasteiger partial charge on any atom is -0.459 e. The molecule has 440 valence electrons. The number of hydrogen-bond donors (Lipinski definition) is 3. The van der Waals surface area contributed by atoms with E-state index in [0.717, 1.165) is 49.7 Å². The van der Waals surface area contributed by atoms with Gasteiger partial charge in [-0.25, -0.2) is 0 Å². The molecule has 3 spiro atoms. The second-order valence-electron chi connectivity index (χ2n) is 27.5. The minimum absolute atomic E-state index is 0.0143. The lowest BCUT2D eigenvalue weighted by Crippen LogP contribution is -2.62. The Morgan fingerprint density at radius 3 is 2.03 bits per heavy atom. The first-order valence-corrected chi connectivity index (χ1v) is 30.8. The second-order valence-corrected chi connectivity index (χ2v) is 27.5. The van der Waals surface area contributed by atoms with Crippen LogP contribution in [0.1, 0.15) is 143 Å². The molecular weight excluding hydrogens is 1020 g/mol. The van der Waals surface area contributed by atoms with Crippen LogP contribution in [0, 0.1) is 23.7 Å². The molecule has 0 aromatic heterocycles. The lowest BCUT2D eigenvalue weighted by molar-refractivity contribution is -0.347. The van der Waals surface area contributed by atoms with Gasteiger partial charge < -0.3 is 86.4 Å². The molecular formula is C60H86O19. The van der Waals surface area contributed by atoms with Crippen molar-refractivity contribution in [1.82, 2.24) is 0 Å². The Morgan fingerprint density at radius 2 is 1.18 bits per heavy atom. The summed E-state index contributed by atoms with van der Waals surface area (Å²) in [4.78, 5) is 14.6. The lowest BCUT2D eigenvalue weighted by Gasteiger charge is -2.50. The summed E-state index contributed by atoms with van der Waals surface area (Å²) in [7, 11) is 0. The summed E-state index contributed by atoms with van der Waals surface area (Å²) in [6, 6.07) is 0. The van der Waals surface area contributed by atoms with E-state index in [2.05, 4.69) is 40.9 Å². The zero-order chi connectivity index (χ0) is 54.0. The van der Waals surface area contributed by atoms with Crippen LogP contribution < -0.4 is 0 Å². The maximum Gasteiger partial charge on any atom is 0.308 e. The first-order valence-electron chi connectivity index (χ1n) is 30.8. The van der Waals surface area contributed by atoms with Crippen LogP contribution in [0.25, 0.3) is 0 Å². The highest BCUT2D eigenvalue weighted by Gasteiger charge is 2.70. The number of hydrogen-bond acceptors (Lipinski definition) is 19. The molecule has 0 amide bonds. The van der Waals surface area contributed by atoms with Crippen LogP contribution in [-0.2, 0) is 75.8 Å². The SMILES string of the molecule is C=C1C[C@@H]2CC[C@]34C[C@@H]5O[C@H]6[C@@H](O3)[C@H]3O[C@H](CC[C@@H]3O[C@H]6[C@@H]5O4)CC(=O)O[C@@H]3[C@@H](C)[C@@H]4O[C@@H]5C[C@]6(C[C@@H]7O[C@]8(C[C@H](C)[C@@H]9O[C@H]([C@@H](O)C[C@@H](O)CO)C[C@@H]9O8)C[C@H](C)[C@@H]7O6)O[C@@H]5C[C@@H]4O[C@H]3C[C@H]3O[C@@H](CC[C@@H]1O2)C[C@@H](C)C3=C. The van der Waals surface area contributed by atoms with Crippen LogP contribution in [0.5, 0.6) is 0 Å². The molecule has 0 unspecified atom stereocenters. The van der Waals surface area contributed by atoms with Gasteiger partial charge in [0, 0.05) is 70.1 Å². The lowest BCUT2D eigenvalue weighted by atomic mass is 9.79. The van der Waals surface area contributed by atoms with Crippen molar-refractivity contribution in [3.63, 3.8) is 0 Å². The molecule has 3 N–H and O–H groups in total. The fourth-order valence-corrected chi connectivity index (χ4v) is 18.2. The van der Waals surface area contributed by atoms with Crippen LogP contribution in [0.3, 0.4) is 0 Å². The number of esters is 1. The average Bonchev–Trinajstić information content (AvgIpc) is 4.25. The van der Waals surface area contributed by atoms with Crippen molar-refractivity contribution in [3.8, 4) is 0 Å². The van der Waals surface area contributed by atoms with Crippen molar-refractivity contribution in [2.24, 2.45) is 23.7 Å². The molecule has 19 heteroatoms. The van der Waals surface area contributed by atoms with Gasteiger partial charge in [-0.05, 0) is 73.8 Å². The van der Waals surface area contributed by atoms with Crippen molar-refractivity contribution in [2.45, 2.75) is 313 Å². The molecule has 0 aliphatic carbocycles. The predicted molar refractivity (Wildman–Crippen MR) is 274 cm³/mol. The Balaban J connectivity index is 0.655. The number of rotatable bonds is 4. The van der Waals surface area contributed by atoms with Crippen molar-refractivity contribution in [3.05, 3.63) is 24.3 Å². The summed E-state index contributed by atoms with van der Waals surface area (Å²) >= 11 is 0. The predicted octanol–water partition coefficient (Wildman–Crippen LogP) is 4.93. The van der Waals surface area contributed by atoms with Crippen LogP contribution in [-0.4, -0.2) is 198 Å². The van der Waals surface area contributed by atoms with Gasteiger partial charge in [-0.2, -0.15) is 0 Å². The zero-order valence-electron chi connectivity index (χ0n) is 46.5. The summed E-state index contributed by atoms with van der Waals surface area (Å²) in [5, 5.41) is 30.3. The van der Waals surface area contributed by atoms with Crippen LogP contribution in [0.4, 0.5) is 0 Å². The Labute approximate surface area is 463 Å². The molecule has 32 atom stereocenters. The van der Waals surface area contributed by atoms with Crippen molar-refractivity contribution >= 4 is 5.97 Å². The highest BCUT2D eigenvalue weighted by molar-refractivity contribution is 5.70. The number of aliphatic hydroxyl groups excluding tert-OH is 3. The minimum atomic E-state index is -1.02. The van der Waals surface area contributed by atoms with E-state index >= 15 is 0 Å². The molecule has 16 saturated heterocycles. The molecule has 0 saturated carbocycles. The monoisotopic (exact) mass is 1110 g/mol. The molecule has 0 radical (unpaired) electrons. The van der Waals surface area contributed by atoms with Gasteiger partial charge >= 0.3 is 5.97 Å². The molecule has 12 bridgehead atoms. The number of carbonyl (C=O) groups is 1. The van der Waals surface area contributed by atoms with E-state index in [1.807, 2.05) is 0 Å². The van der Waals surface area contributed by atoms with Crippen LogP contribution in [0.2, 0.25) is 0 Å². The van der Waals surface area contributed by atoms with Gasteiger partial charge in [-0.1, -0.05) is 40.9 Å². The van der Waals surface area contributed by atoms with Gasteiger partial charge in [0.05, 0.1) is 129 Å². The third-order valence-corrected chi connectivity index (χ3v) is 21.9. The van der Waals surface area contributed by atoms with Crippen LogP contribution in [0.15, 0.2) is 24.3 Å². The third-order valence-electron chi connectivity index (χ3n) is 21.9. The Bertz CT molecular complexity index is 2340. The van der Waals surface area contributed by atoms with Gasteiger partial charge in [-0.15, -0.1) is 0 Å². The maximum absolute atomic E-state index is 14.6. The van der Waals surface area contributed by atoms with E-state index < -0.39 is 72.8 Å². The zero-order valence-corrected chi connectivity index (χ0v) is 46.5. The first kappa shape index (κ1) is 54.0. The highest BCUT2D eigenvalue weighted by Crippen LogP contribution is 2.58. The molecule has 0 aromatic carbocycles. The Hall–Kier alpha value is -1.73. The van der Waals surface area contributed by atoms with E-state index in [0.29, 0.717) is 64.2 Å². The topological polar surface area (TPSA) is 216 Å². The first-order chi connectivity index (χ1) is 38.0. The van der Waals surface area contributed by atoms with Crippen molar-refractivity contribution in [1.29, 1.82) is 0 Å². The molecule has 79 heavy (non-hydrogen) atoms. The largest absolute Gasteiger partial charge is 0.459 e. The smallest absolute Gasteiger partial charge is 0.308 e. The summed E-state index contributed by atoms with van der Waals surface area (Å²) in [5.74, 6) is -2.77. The average molecular weight is 1110 g/mol. The van der Waals surface area contributed by atoms with Gasteiger partial charge in [-0.3, -0.25) is 4.79 Å². The van der Waals surface area contributed by atoms with E-state index in [9.17, 15) is 20.1 Å². The van der Waals surface area contributed by atoms with Crippen LogP contribution >= 0.6 is 0 Å². The summed E-state index contributed by atoms with van der Waals surface area (Å²) < 4.78 is 104. The quantitative estimate of drug-likeness (QED) is 0.251. The number of aliphatic hydroxyl groups is 3. The molecule has 0 aromatic rings. The normalized spacial score (nSPS) is 57.2. The maximum atomic E-state index is 14.6. The van der Waals surface area contributed by atoms with E-state index in [1.165, 1.54) is 0 Å². The van der Waals surface area contributed by atoms with Gasteiger partial charge in [0.25, 0.3) is 0 Å². The fraction of sp³-hybridized carbons (Fsp3) is 0.917. The third kappa shape index (κ3) is 9.43.